The van der Waals surface area contributed by atoms with Crippen molar-refractivity contribution in [3.8, 4) is 16.9 Å². The second-order valence-corrected chi connectivity index (χ2v) is 7.68. The van der Waals surface area contributed by atoms with E-state index in [1.54, 1.807) is 22.9 Å². The Kier molecular flexibility index (Phi) is 8.57. The van der Waals surface area contributed by atoms with E-state index in [4.69, 9.17) is 0 Å². The first-order chi connectivity index (χ1) is 16.0. The molecule has 33 heavy (non-hydrogen) atoms. The van der Waals surface area contributed by atoms with Crippen LogP contribution in [0.1, 0.15) is 33.1 Å². The molecule has 1 aromatic heterocycles. The monoisotopic (exact) mass is 451 g/mol. The van der Waals surface area contributed by atoms with Gasteiger partial charge in [-0.3, -0.25) is 4.79 Å². The van der Waals surface area contributed by atoms with Crippen LogP contribution in [-0.2, 0) is 4.79 Å². The van der Waals surface area contributed by atoms with Crippen LogP contribution in [0.3, 0.4) is 0 Å². The Balaban J connectivity index is 1.84. The van der Waals surface area contributed by atoms with Crippen molar-refractivity contribution in [1.29, 1.82) is 0 Å². The van der Waals surface area contributed by atoms with Crippen molar-refractivity contribution in [1.82, 2.24) is 20.0 Å². The van der Waals surface area contributed by atoms with Crippen LogP contribution in [0, 0.1) is 5.82 Å². The maximum atomic E-state index is 13.4. The van der Waals surface area contributed by atoms with Gasteiger partial charge >= 0.3 is 6.03 Å². The molecule has 2 aromatic carbocycles. The molecule has 0 aliphatic rings. The summed E-state index contributed by atoms with van der Waals surface area (Å²) < 4.78 is 15.0. The number of amides is 3. The summed E-state index contributed by atoms with van der Waals surface area (Å²) in [5.41, 5.74) is 2.16. The van der Waals surface area contributed by atoms with Crippen LogP contribution in [0.5, 0.6) is 0 Å². The van der Waals surface area contributed by atoms with E-state index in [1.807, 2.05) is 37.3 Å². The molecule has 0 saturated heterocycles. The van der Waals surface area contributed by atoms with Crippen molar-refractivity contribution in [3.05, 3.63) is 66.5 Å². The lowest BCUT2D eigenvalue weighted by molar-refractivity contribution is -0.116. The summed E-state index contributed by atoms with van der Waals surface area (Å²) in [6, 6.07) is 17.0. The molecule has 2 N–H and O–H groups in total. The third-order valence-corrected chi connectivity index (χ3v) is 5.10. The highest BCUT2D eigenvalue weighted by Gasteiger charge is 2.19. The van der Waals surface area contributed by atoms with Crippen molar-refractivity contribution in [2.75, 3.05) is 25.0 Å². The summed E-state index contributed by atoms with van der Waals surface area (Å²) >= 11 is 0. The van der Waals surface area contributed by atoms with E-state index in [-0.39, 0.29) is 24.3 Å². The van der Waals surface area contributed by atoms with Gasteiger partial charge in [0.25, 0.3) is 0 Å². The summed E-state index contributed by atoms with van der Waals surface area (Å²) in [4.78, 5) is 26.8. The number of aromatic nitrogens is 2. The summed E-state index contributed by atoms with van der Waals surface area (Å²) in [6.45, 7) is 4.84. The average Bonchev–Trinajstić information content (AvgIpc) is 3.23. The second kappa shape index (κ2) is 11.8. The van der Waals surface area contributed by atoms with Crippen LogP contribution >= 0.6 is 0 Å². The Hall–Kier alpha value is -3.68. The molecule has 3 aromatic rings. The Morgan fingerprint density at radius 2 is 1.76 bits per heavy atom. The molecule has 0 spiro atoms. The lowest BCUT2D eigenvalue weighted by Gasteiger charge is -2.22. The number of anilines is 1. The van der Waals surface area contributed by atoms with Gasteiger partial charge in [0.15, 0.2) is 0 Å². The minimum atomic E-state index is -0.357. The fourth-order valence-electron chi connectivity index (χ4n) is 3.42. The molecule has 0 aliphatic carbocycles. The highest BCUT2D eigenvalue weighted by atomic mass is 19.1. The molecular weight excluding hydrogens is 421 g/mol. The molecule has 0 fully saturated rings. The normalized spacial score (nSPS) is 10.6. The third kappa shape index (κ3) is 6.65. The van der Waals surface area contributed by atoms with E-state index in [0.717, 1.165) is 24.8 Å². The molecule has 7 nitrogen and oxygen atoms in total. The maximum absolute atomic E-state index is 13.4. The zero-order valence-electron chi connectivity index (χ0n) is 19.1. The number of hydrogen-bond donors (Lipinski definition) is 2. The molecule has 8 heteroatoms. The van der Waals surface area contributed by atoms with Crippen LogP contribution in [0.15, 0.2) is 60.7 Å². The molecule has 0 bridgehead atoms. The molecule has 0 radical (unpaired) electrons. The van der Waals surface area contributed by atoms with Crippen LogP contribution in [0.4, 0.5) is 15.0 Å². The second-order valence-electron chi connectivity index (χ2n) is 7.68. The molecule has 0 saturated carbocycles. The van der Waals surface area contributed by atoms with Gasteiger partial charge in [0.2, 0.25) is 5.91 Å². The molecule has 0 unspecified atom stereocenters. The van der Waals surface area contributed by atoms with Crippen LogP contribution in [0.25, 0.3) is 16.9 Å². The van der Waals surface area contributed by atoms with E-state index >= 15 is 0 Å². The number of nitrogens with one attached hydrogen (secondary N) is 2. The zero-order valence-corrected chi connectivity index (χ0v) is 19.1. The Morgan fingerprint density at radius 1 is 1.03 bits per heavy atom. The van der Waals surface area contributed by atoms with Gasteiger partial charge < -0.3 is 15.5 Å². The quantitative estimate of drug-likeness (QED) is 0.433. The van der Waals surface area contributed by atoms with Crippen LogP contribution in [0.2, 0.25) is 0 Å². The third-order valence-electron chi connectivity index (χ3n) is 5.10. The van der Waals surface area contributed by atoms with Crippen molar-refractivity contribution >= 4 is 17.8 Å². The number of hydrogen-bond acceptors (Lipinski definition) is 3. The predicted octanol–water partition coefficient (Wildman–Crippen LogP) is 4.84. The van der Waals surface area contributed by atoms with Gasteiger partial charge in [-0.05, 0) is 37.6 Å². The predicted molar refractivity (Wildman–Crippen MR) is 128 cm³/mol. The van der Waals surface area contributed by atoms with Gasteiger partial charge in [-0.1, -0.05) is 50.1 Å². The van der Waals surface area contributed by atoms with E-state index < -0.39 is 0 Å². The smallest absolute Gasteiger partial charge is 0.317 e. The van der Waals surface area contributed by atoms with Gasteiger partial charge in [0, 0.05) is 24.7 Å². The first kappa shape index (κ1) is 24.0. The standard InChI is InChI=1S/C25H30FN5O2/c1-3-5-9-16-30(25(33)27-4-2)18-24(32)28-23-17-22(19-10-7-6-8-11-19)29-31(23)21-14-12-20(26)13-15-21/h6-8,10-15,17H,3-5,9,16,18H2,1-2H3,(H,27,33)(H,28,32). The highest BCUT2D eigenvalue weighted by molar-refractivity contribution is 5.94. The van der Waals surface area contributed by atoms with E-state index in [0.29, 0.717) is 30.3 Å². The number of rotatable bonds is 10. The van der Waals surface area contributed by atoms with E-state index in [2.05, 4.69) is 22.7 Å². The van der Waals surface area contributed by atoms with Gasteiger partial charge in [0.05, 0.1) is 11.4 Å². The number of carbonyl (C=O) groups excluding carboxylic acids is 2. The SMILES string of the molecule is CCCCCN(CC(=O)Nc1cc(-c2ccccc2)nn1-c1ccc(F)cc1)C(=O)NCC. The Morgan fingerprint density at radius 3 is 2.42 bits per heavy atom. The number of urea groups is 1. The van der Waals surface area contributed by atoms with Gasteiger partial charge in [-0.2, -0.15) is 5.10 Å². The fraction of sp³-hybridized carbons (Fsp3) is 0.320. The van der Waals surface area contributed by atoms with Crippen LogP contribution < -0.4 is 10.6 Å². The van der Waals surface area contributed by atoms with Gasteiger partial charge in [0.1, 0.15) is 18.2 Å². The van der Waals surface area contributed by atoms with Crippen molar-refractivity contribution in [2.24, 2.45) is 0 Å². The van der Waals surface area contributed by atoms with Gasteiger partial charge in [-0.15, -0.1) is 0 Å². The minimum Gasteiger partial charge on any atom is -0.338 e. The summed E-state index contributed by atoms with van der Waals surface area (Å²) in [6.07, 6.45) is 2.83. The van der Waals surface area contributed by atoms with Crippen molar-refractivity contribution < 1.29 is 14.0 Å². The lowest BCUT2D eigenvalue weighted by atomic mass is 10.1. The Bertz CT molecular complexity index is 1050. The van der Waals surface area contributed by atoms with Crippen LogP contribution in [-0.4, -0.2) is 46.3 Å². The van der Waals surface area contributed by atoms with E-state index in [1.165, 1.54) is 17.0 Å². The molecule has 3 rings (SSSR count). The number of carbonyl (C=O) groups is 2. The maximum Gasteiger partial charge on any atom is 0.317 e. The summed E-state index contributed by atoms with van der Waals surface area (Å²) in [5.74, 6) is -0.250. The first-order valence-corrected chi connectivity index (χ1v) is 11.3. The number of benzene rings is 2. The Labute approximate surface area is 193 Å². The van der Waals surface area contributed by atoms with Crippen molar-refractivity contribution in [2.45, 2.75) is 33.1 Å². The number of nitrogens with zero attached hydrogens (tertiary/aromatic N) is 3. The molecule has 0 atom stereocenters. The fourth-order valence-corrected chi connectivity index (χ4v) is 3.42. The summed E-state index contributed by atoms with van der Waals surface area (Å²) in [5, 5.41) is 10.3. The molecule has 1 heterocycles. The minimum absolute atomic E-state index is 0.0786. The molecule has 174 valence electrons. The first-order valence-electron chi connectivity index (χ1n) is 11.3. The number of unbranched alkanes of at least 4 members (excludes halogenated alkanes) is 2. The topological polar surface area (TPSA) is 79.3 Å². The van der Waals surface area contributed by atoms with E-state index in [9.17, 15) is 14.0 Å². The van der Waals surface area contributed by atoms with Crippen molar-refractivity contribution in [3.63, 3.8) is 0 Å². The molecular formula is C25H30FN5O2. The largest absolute Gasteiger partial charge is 0.338 e. The average molecular weight is 452 g/mol. The molecule has 0 aliphatic heterocycles. The number of halogens is 1. The summed E-state index contributed by atoms with van der Waals surface area (Å²) in [7, 11) is 0. The zero-order chi connectivity index (χ0) is 23.6. The lowest BCUT2D eigenvalue weighted by Crippen LogP contribution is -2.44. The van der Waals surface area contributed by atoms with Gasteiger partial charge in [-0.25, -0.2) is 13.9 Å². The molecule has 3 amide bonds. The highest BCUT2D eigenvalue weighted by Crippen LogP contribution is 2.25.